The predicted molar refractivity (Wildman–Crippen MR) is 170 cm³/mol. The molecule has 1 saturated heterocycles. The van der Waals surface area contributed by atoms with E-state index in [-0.39, 0.29) is 5.91 Å². The maximum atomic E-state index is 14.1. The average molecular weight is 678 g/mol. The second-order valence-electron chi connectivity index (χ2n) is 11.5. The summed E-state index contributed by atoms with van der Waals surface area (Å²) < 4.78 is 73.7. The van der Waals surface area contributed by atoms with Crippen LogP contribution in [0, 0.1) is 29.1 Å². The van der Waals surface area contributed by atoms with Crippen LogP contribution in [0.1, 0.15) is 34.6 Å². The number of aromatic amines is 2. The second-order valence-corrected chi connectivity index (χ2v) is 12.5. The molecule has 0 unspecified atom stereocenters. The number of nitrogens with zero attached hydrogens (tertiary/aromatic N) is 5. The van der Waals surface area contributed by atoms with E-state index in [0.29, 0.717) is 46.2 Å². The van der Waals surface area contributed by atoms with Crippen LogP contribution in [-0.2, 0) is 13.0 Å². The minimum atomic E-state index is -2.25. The lowest BCUT2D eigenvalue weighted by Crippen LogP contribution is -2.29. The molecule has 0 radical (unpaired) electrons. The molecule has 8 rings (SSSR count). The van der Waals surface area contributed by atoms with Gasteiger partial charge in [0.25, 0.3) is 5.91 Å². The average Bonchev–Trinajstić information content (AvgIpc) is 3.93. The summed E-state index contributed by atoms with van der Waals surface area (Å²) in [5, 5.41) is 12.0. The smallest absolute Gasteiger partial charge is 0.274 e. The Labute approximate surface area is 272 Å². The molecule has 1 amide bonds. The van der Waals surface area contributed by atoms with Gasteiger partial charge in [0.15, 0.2) is 15.9 Å². The number of carbonyl (C=O) groups excluding carboxylic acids is 1. The summed E-state index contributed by atoms with van der Waals surface area (Å²) >= 11 is 1.50. The topological polar surface area (TPSA) is 102 Å². The van der Waals surface area contributed by atoms with E-state index >= 15 is 0 Å². The number of fused-ring (bicyclic) bond motifs is 4. The highest BCUT2D eigenvalue weighted by atomic mass is 32.1. The van der Waals surface area contributed by atoms with E-state index in [2.05, 4.69) is 30.1 Å². The van der Waals surface area contributed by atoms with E-state index in [9.17, 15) is 26.7 Å². The fourth-order valence-corrected chi connectivity index (χ4v) is 7.02. The largest absolute Gasteiger partial charge is 0.481 e. The van der Waals surface area contributed by atoms with Crippen molar-refractivity contribution in [2.45, 2.75) is 25.9 Å². The van der Waals surface area contributed by atoms with E-state index in [1.165, 1.54) is 24.2 Å². The minimum absolute atomic E-state index is 0.225. The number of H-pyrrole nitrogens is 2. The van der Waals surface area contributed by atoms with Crippen LogP contribution in [0.3, 0.4) is 0 Å². The van der Waals surface area contributed by atoms with Gasteiger partial charge in [0.1, 0.15) is 12.3 Å². The fraction of sp³-hybridized carbons (Fsp3) is 0.212. The Balaban J connectivity index is 0.991. The lowest BCUT2D eigenvalue weighted by molar-refractivity contribution is 0.0985. The summed E-state index contributed by atoms with van der Waals surface area (Å²) in [6.07, 6.45) is 4.59. The molecule has 244 valence electrons. The third-order valence-corrected chi connectivity index (χ3v) is 9.51. The van der Waals surface area contributed by atoms with Gasteiger partial charge in [-0.3, -0.25) is 4.79 Å². The Morgan fingerprint density at radius 2 is 1.62 bits per heavy atom. The Kier molecular flexibility index (Phi) is 7.35. The summed E-state index contributed by atoms with van der Waals surface area (Å²) in [5.74, 6) is -12.1. The van der Waals surface area contributed by atoms with Gasteiger partial charge in [0.2, 0.25) is 29.1 Å². The molecule has 0 aliphatic carbocycles. The van der Waals surface area contributed by atoms with Crippen molar-refractivity contribution in [1.29, 1.82) is 0 Å². The lowest BCUT2D eigenvalue weighted by Gasteiger charge is -2.16. The predicted octanol–water partition coefficient (Wildman–Crippen LogP) is 8.60. The van der Waals surface area contributed by atoms with E-state index in [4.69, 9.17) is 4.74 Å². The molecule has 48 heavy (non-hydrogen) atoms. The normalized spacial score (nSPS) is 14.7. The van der Waals surface area contributed by atoms with Crippen LogP contribution in [-0.4, -0.2) is 40.5 Å². The molecular formula is C33H24F5N7O2S. The van der Waals surface area contributed by atoms with Gasteiger partial charge in [-0.2, -0.15) is 8.78 Å². The van der Waals surface area contributed by atoms with E-state index in [1.54, 1.807) is 35.4 Å². The first-order chi connectivity index (χ1) is 23.2. The van der Waals surface area contributed by atoms with Crippen molar-refractivity contribution >= 4 is 60.6 Å². The van der Waals surface area contributed by atoms with Crippen molar-refractivity contribution in [1.82, 2.24) is 15.0 Å². The number of aromatic nitrogens is 3. The number of halogens is 5. The second kappa shape index (κ2) is 11.7. The standard InChI is InChI=1S/C33H24F5N7O2S/c34-26-27(35)29(37)31(30(38)28(26)36)47-15-18-13-20-19-7-10-45(24(19)6-5-22(20)40-18)32(46)23-12-16-11-17(3-4-21(16)41-23)42-43-25-14-39-33(48-25)44-8-1-2-9-44/h3-6,11-14,40-41H,1-2,7-10,15H2. The molecule has 15 heteroatoms. The van der Waals surface area contributed by atoms with Crippen molar-refractivity contribution in [3.63, 3.8) is 0 Å². The third-order valence-electron chi connectivity index (χ3n) is 8.57. The number of anilines is 2. The van der Waals surface area contributed by atoms with Gasteiger partial charge in [-0.05, 0) is 67.3 Å². The maximum Gasteiger partial charge on any atom is 0.274 e. The zero-order chi connectivity index (χ0) is 33.1. The number of benzene rings is 3. The van der Waals surface area contributed by atoms with Gasteiger partial charge in [-0.1, -0.05) is 11.3 Å². The van der Waals surface area contributed by atoms with Crippen LogP contribution < -0.4 is 14.5 Å². The number of thiazole rings is 1. The molecule has 3 aromatic heterocycles. The molecule has 5 heterocycles. The van der Waals surface area contributed by atoms with E-state index in [0.717, 1.165) is 40.1 Å². The van der Waals surface area contributed by atoms with Crippen LogP contribution in [0.5, 0.6) is 5.75 Å². The Morgan fingerprint density at radius 3 is 2.42 bits per heavy atom. The van der Waals surface area contributed by atoms with E-state index < -0.39 is 41.4 Å². The number of hydrogen-bond donors (Lipinski definition) is 2. The summed E-state index contributed by atoms with van der Waals surface area (Å²) in [6.45, 7) is 1.95. The molecule has 2 aliphatic heterocycles. The van der Waals surface area contributed by atoms with Gasteiger partial charge < -0.3 is 24.5 Å². The van der Waals surface area contributed by atoms with Gasteiger partial charge in [-0.15, -0.1) is 10.2 Å². The van der Waals surface area contributed by atoms with E-state index in [1.807, 2.05) is 18.2 Å². The Morgan fingerprint density at radius 1 is 0.875 bits per heavy atom. The van der Waals surface area contributed by atoms with Crippen LogP contribution in [0.4, 0.5) is 43.5 Å². The van der Waals surface area contributed by atoms with Crippen molar-refractivity contribution in [3.05, 3.63) is 94.7 Å². The maximum absolute atomic E-state index is 14.1. The summed E-state index contributed by atoms with van der Waals surface area (Å²) in [7, 11) is 0. The minimum Gasteiger partial charge on any atom is -0.481 e. The molecule has 2 N–H and O–H groups in total. The SMILES string of the molecule is O=C(c1cc2cc(N=Nc3cnc(N4CCCC4)s3)ccc2[nH]1)N1CCc2c1ccc1[nH]c(COc3c(F)c(F)c(F)c(F)c3F)cc21. The molecule has 1 fully saturated rings. The molecule has 9 nitrogen and oxygen atoms in total. The zero-order valence-electron chi connectivity index (χ0n) is 24.9. The van der Waals surface area contributed by atoms with Crippen molar-refractivity contribution in [3.8, 4) is 5.75 Å². The highest BCUT2D eigenvalue weighted by molar-refractivity contribution is 7.19. The molecular weight excluding hydrogens is 653 g/mol. The first-order valence-corrected chi connectivity index (χ1v) is 15.9. The summed E-state index contributed by atoms with van der Waals surface area (Å²) in [4.78, 5) is 28.3. The number of amides is 1. The quantitative estimate of drug-likeness (QED) is 0.0765. The van der Waals surface area contributed by atoms with Gasteiger partial charge in [0, 0.05) is 47.1 Å². The van der Waals surface area contributed by atoms with Crippen molar-refractivity contribution in [2.24, 2.45) is 10.2 Å². The van der Waals surface area contributed by atoms with Crippen LogP contribution in [0.25, 0.3) is 21.8 Å². The number of rotatable bonds is 7. The molecule has 0 bridgehead atoms. The highest BCUT2D eigenvalue weighted by Gasteiger charge is 2.30. The van der Waals surface area contributed by atoms with Gasteiger partial charge in [0.05, 0.1) is 17.6 Å². The monoisotopic (exact) mass is 677 g/mol. The van der Waals surface area contributed by atoms with Crippen molar-refractivity contribution < 1.29 is 31.5 Å². The zero-order valence-corrected chi connectivity index (χ0v) is 25.7. The number of azo groups is 1. The molecule has 0 saturated carbocycles. The van der Waals surface area contributed by atoms with Crippen LogP contribution in [0.2, 0.25) is 0 Å². The highest BCUT2D eigenvalue weighted by Crippen LogP contribution is 2.37. The first kappa shape index (κ1) is 30.1. The number of hydrogen-bond acceptors (Lipinski definition) is 7. The molecule has 0 spiro atoms. The number of carbonyl (C=O) groups is 1. The third kappa shape index (κ3) is 5.14. The Bertz CT molecular complexity index is 2240. The Hall–Kier alpha value is -5.31. The number of nitrogens with one attached hydrogen (secondary N) is 2. The summed E-state index contributed by atoms with van der Waals surface area (Å²) in [6, 6.07) is 12.5. The van der Waals surface area contributed by atoms with Crippen LogP contribution >= 0.6 is 11.3 Å². The molecule has 6 aromatic rings. The number of ether oxygens (including phenoxy) is 1. The molecule has 2 aliphatic rings. The fourth-order valence-electron chi connectivity index (χ4n) is 6.23. The summed E-state index contributed by atoms with van der Waals surface area (Å²) in [5.41, 5.74) is 4.38. The van der Waals surface area contributed by atoms with Crippen molar-refractivity contribution in [2.75, 3.05) is 29.4 Å². The molecule has 3 aromatic carbocycles. The van der Waals surface area contributed by atoms with Crippen LogP contribution in [0.15, 0.2) is 58.9 Å². The van der Waals surface area contributed by atoms with Gasteiger partial charge >= 0.3 is 0 Å². The lowest BCUT2D eigenvalue weighted by atomic mass is 10.1. The van der Waals surface area contributed by atoms with Gasteiger partial charge in [-0.25, -0.2) is 18.2 Å². The first-order valence-electron chi connectivity index (χ1n) is 15.1. The molecule has 0 atom stereocenters.